The van der Waals surface area contributed by atoms with Crippen molar-refractivity contribution in [2.75, 3.05) is 5.43 Å². The van der Waals surface area contributed by atoms with Crippen molar-refractivity contribution >= 4 is 22.9 Å². The molecular formula is C19H19N3O. The number of hydrogen-bond acceptors (Lipinski definition) is 4. The van der Waals surface area contributed by atoms with Gasteiger partial charge in [0.2, 0.25) is 0 Å². The van der Waals surface area contributed by atoms with Crippen LogP contribution in [0.5, 0.6) is 5.75 Å². The van der Waals surface area contributed by atoms with Crippen LogP contribution in [0.15, 0.2) is 65.8 Å². The van der Waals surface area contributed by atoms with Crippen molar-refractivity contribution in [3.63, 3.8) is 0 Å². The van der Waals surface area contributed by atoms with Crippen molar-refractivity contribution < 1.29 is 4.74 Å². The Balaban J connectivity index is 1.75. The second-order valence-electron chi connectivity index (χ2n) is 5.46. The Morgan fingerprint density at radius 3 is 2.65 bits per heavy atom. The molecule has 0 fully saturated rings. The lowest BCUT2D eigenvalue weighted by Gasteiger charge is -2.11. The number of benzene rings is 2. The number of hydrogen-bond donors (Lipinski definition) is 1. The van der Waals surface area contributed by atoms with E-state index in [0.29, 0.717) is 5.82 Å². The third-order valence-electron chi connectivity index (χ3n) is 3.26. The number of pyridine rings is 1. The molecular weight excluding hydrogens is 286 g/mol. The Labute approximate surface area is 135 Å². The van der Waals surface area contributed by atoms with Gasteiger partial charge in [0.1, 0.15) is 11.6 Å². The van der Waals surface area contributed by atoms with Crippen LogP contribution < -0.4 is 10.2 Å². The minimum atomic E-state index is 0.125. The van der Waals surface area contributed by atoms with Gasteiger partial charge in [-0.3, -0.25) is 5.43 Å². The third kappa shape index (κ3) is 3.86. The molecule has 0 bridgehead atoms. The van der Waals surface area contributed by atoms with Crippen molar-refractivity contribution in [1.82, 2.24) is 4.98 Å². The minimum absolute atomic E-state index is 0.125. The number of hydrazone groups is 1. The molecule has 0 spiro atoms. The lowest BCUT2D eigenvalue weighted by Crippen LogP contribution is -2.07. The first kappa shape index (κ1) is 15.0. The van der Waals surface area contributed by atoms with E-state index in [9.17, 15) is 0 Å². The second kappa shape index (κ2) is 6.92. The number of ether oxygens (including phenoxy) is 1. The molecule has 0 amide bonds. The first-order chi connectivity index (χ1) is 11.2. The summed E-state index contributed by atoms with van der Waals surface area (Å²) in [6.45, 7) is 4.01. The monoisotopic (exact) mass is 305 g/mol. The lowest BCUT2D eigenvalue weighted by atomic mass is 10.2. The highest BCUT2D eigenvalue weighted by atomic mass is 16.5. The molecule has 4 nitrogen and oxygen atoms in total. The van der Waals surface area contributed by atoms with Crippen LogP contribution in [0.4, 0.5) is 5.82 Å². The van der Waals surface area contributed by atoms with Crippen molar-refractivity contribution in [2.45, 2.75) is 20.0 Å². The van der Waals surface area contributed by atoms with Crippen LogP contribution in [0.3, 0.4) is 0 Å². The fourth-order valence-corrected chi connectivity index (χ4v) is 2.24. The van der Waals surface area contributed by atoms with E-state index in [1.807, 2.05) is 74.5 Å². The van der Waals surface area contributed by atoms with Crippen LogP contribution >= 0.6 is 0 Å². The number of rotatable bonds is 5. The Bertz CT molecular complexity index is 827. The van der Waals surface area contributed by atoms with Gasteiger partial charge in [-0.1, -0.05) is 30.3 Å². The van der Waals surface area contributed by atoms with Gasteiger partial charge >= 0.3 is 0 Å². The Morgan fingerprint density at radius 1 is 1.00 bits per heavy atom. The van der Waals surface area contributed by atoms with Crippen LogP contribution in [0.2, 0.25) is 0 Å². The maximum Gasteiger partial charge on any atom is 0.146 e. The summed E-state index contributed by atoms with van der Waals surface area (Å²) in [4.78, 5) is 4.52. The molecule has 0 saturated carbocycles. The maximum atomic E-state index is 5.77. The highest BCUT2D eigenvalue weighted by molar-refractivity contribution is 5.84. The van der Waals surface area contributed by atoms with Crippen molar-refractivity contribution in [3.8, 4) is 5.75 Å². The van der Waals surface area contributed by atoms with E-state index in [-0.39, 0.29) is 6.10 Å². The van der Waals surface area contributed by atoms with Crippen molar-refractivity contribution in [2.24, 2.45) is 5.10 Å². The summed E-state index contributed by atoms with van der Waals surface area (Å²) in [5.41, 5.74) is 4.84. The molecule has 23 heavy (non-hydrogen) atoms. The van der Waals surface area contributed by atoms with Gasteiger partial charge in [0.05, 0.1) is 17.8 Å². The second-order valence-corrected chi connectivity index (χ2v) is 5.46. The number of anilines is 1. The molecule has 0 saturated heterocycles. The molecule has 3 aromatic rings. The smallest absolute Gasteiger partial charge is 0.146 e. The standard InChI is InChI=1S/C19H19N3O/c1-14(2)23-18-10-6-4-8-16(18)13-20-22-19-12-11-15-7-3-5-9-17(15)21-19/h3-14H,1-2H3,(H,21,22)/b20-13+. The van der Waals surface area contributed by atoms with E-state index in [2.05, 4.69) is 15.5 Å². The average Bonchev–Trinajstić information content (AvgIpc) is 2.56. The van der Waals surface area contributed by atoms with Gasteiger partial charge < -0.3 is 4.74 Å². The summed E-state index contributed by atoms with van der Waals surface area (Å²) in [5, 5.41) is 5.38. The number of fused-ring (bicyclic) bond motifs is 1. The van der Waals surface area contributed by atoms with Gasteiger partial charge in [0.25, 0.3) is 0 Å². The van der Waals surface area contributed by atoms with Gasteiger partial charge in [-0.2, -0.15) is 5.10 Å². The predicted octanol–water partition coefficient (Wildman–Crippen LogP) is 4.47. The number of nitrogens with zero attached hydrogens (tertiary/aromatic N) is 2. The first-order valence-corrected chi connectivity index (χ1v) is 7.63. The van der Waals surface area contributed by atoms with Gasteiger partial charge in [-0.15, -0.1) is 0 Å². The van der Waals surface area contributed by atoms with Gasteiger partial charge in [0, 0.05) is 10.9 Å². The Morgan fingerprint density at radius 2 is 1.78 bits per heavy atom. The molecule has 2 aromatic carbocycles. The SMILES string of the molecule is CC(C)Oc1ccccc1/C=N/Nc1ccc2ccccc2n1. The summed E-state index contributed by atoms with van der Waals surface area (Å²) in [7, 11) is 0. The highest BCUT2D eigenvalue weighted by Gasteiger charge is 2.02. The molecule has 0 aliphatic rings. The topological polar surface area (TPSA) is 46.5 Å². The molecule has 0 unspecified atom stereocenters. The van der Waals surface area contributed by atoms with Gasteiger partial charge in [-0.05, 0) is 44.2 Å². The quantitative estimate of drug-likeness (QED) is 0.559. The Kier molecular flexibility index (Phi) is 4.52. The van der Waals surface area contributed by atoms with E-state index in [1.54, 1.807) is 6.21 Å². The van der Waals surface area contributed by atoms with Crippen LogP contribution in [0.25, 0.3) is 10.9 Å². The molecule has 1 heterocycles. The van der Waals surface area contributed by atoms with Crippen LogP contribution in [0.1, 0.15) is 19.4 Å². The fourth-order valence-electron chi connectivity index (χ4n) is 2.24. The fraction of sp³-hybridized carbons (Fsp3) is 0.158. The average molecular weight is 305 g/mol. The van der Waals surface area contributed by atoms with Crippen LogP contribution in [-0.4, -0.2) is 17.3 Å². The van der Waals surface area contributed by atoms with Crippen LogP contribution in [-0.2, 0) is 0 Å². The molecule has 1 N–H and O–H groups in total. The lowest BCUT2D eigenvalue weighted by molar-refractivity contribution is 0.242. The largest absolute Gasteiger partial charge is 0.490 e. The molecule has 0 radical (unpaired) electrons. The molecule has 1 aromatic heterocycles. The van der Waals surface area contributed by atoms with Gasteiger partial charge in [0.15, 0.2) is 0 Å². The highest BCUT2D eigenvalue weighted by Crippen LogP contribution is 2.18. The van der Waals surface area contributed by atoms with E-state index in [0.717, 1.165) is 22.2 Å². The van der Waals surface area contributed by atoms with E-state index < -0.39 is 0 Å². The molecule has 3 rings (SSSR count). The zero-order valence-electron chi connectivity index (χ0n) is 13.2. The van der Waals surface area contributed by atoms with Crippen molar-refractivity contribution in [3.05, 3.63) is 66.2 Å². The number of para-hydroxylation sites is 2. The van der Waals surface area contributed by atoms with E-state index in [1.165, 1.54) is 0 Å². The predicted molar refractivity (Wildman–Crippen MR) is 95.2 cm³/mol. The third-order valence-corrected chi connectivity index (χ3v) is 3.26. The van der Waals surface area contributed by atoms with E-state index >= 15 is 0 Å². The van der Waals surface area contributed by atoms with Gasteiger partial charge in [-0.25, -0.2) is 4.98 Å². The molecule has 116 valence electrons. The Hall–Kier alpha value is -2.88. The number of nitrogens with one attached hydrogen (secondary N) is 1. The zero-order chi connectivity index (χ0) is 16.1. The normalized spacial score (nSPS) is 11.3. The molecule has 0 aliphatic heterocycles. The zero-order valence-corrected chi connectivity index (χ0v) is 13.2. The van der Waals surface area contributed by atoms with Crippen molar-refractivity contribution in [1.29, 1.82) is 0 Å². The maximum absolute atomic E-state index is 5.77. The summed E-state index contributed by atoms with van der Waals surface area (Å²) < 4.78 is 5.77. The summed E-state index contributed by atoms with van der Waals surface area (Å²) in [6.07, 6.45) is 1.87. The summed E-state index contributed by atoms with van der Waals surface area (Å²) in [6, 6.07) is 19.8. The molecule has 4 heteroatoms. The minimum Gasteiger partial charge on any atom is -0.490 e. The van der Waals surface area contributed by atoms with Crippen LogP contribution in [0, 0.1) is 0 Å². The number of aromatic nitrogens is 1. The van der Waals surface area contributed by atoms with E-state index in [4.69, 9.17) is 4.74 Å². The molecule has 0 atom stereocenters. The first-order valence-electron chi connectivity index (χ1n) is 7.63. The molecule has 0 aliphatic carbocycles. The summed E-state index contributed by atoms with van der Waals surface area (Å²) >= 11 is 0. The summed E-state index contributed by atoms with van der Waals surface area (Å²) in [5.74, 6) is 1.53.